The second-order valence-electron chi connectivity index (χ2n) is 7.88. The molecule has 3 aromatic rings. The molecule has 0 aliphatic rings. The van der Waals surface area contributed by atoms with Gasteiger partial charge in [-0.1, -0.05) is 103 Å². The molecule has 0 bridgehead atoms. The molecule has 0 aliphatic carbocycles. The van der Waals surface area contributed by atoms with E-state index < -0.39 is 0 Å². The highest BCUT2D eigenvalue weighted by atomic mass is 14.4. The minimum absolute atomic E-state index is 0.00758. The standard InChI is InChI=1S/C28H26N2/c1-20-9-7-13-24(15-20)26(18-29)17-22(3)28(25-14-8-10-21(2)16-25)27(19-30)23-11-5-4-6-12-23/h4-17,22,27-28H,1-3H3/b26-17+. The zero-order valence-corrected chi connectivity index (χ0v) is 17.7. The number of aryl methyl sites for hydroxylation is 2. The van der Waals surface area contributed by atoms with Gasteiger partial charge in [0.05, 0.1) is 23.6 Å². The maximum Gasteiger partial charge on any atom is 0.0994 e. The molecule has 3 aromatic carbocycles. The van der Waals surface area contributed by atoms with Crippen LogP contribution in [0.1, 0.15) is 46.6 Å². The molecule has 0 radical (unpaired) electrons. The van der Waals surface area contributed by atoms with Crippen molar-refractivity contribution in [2.45, 2.75) is 32.6 Å². The Morgan fingerprint density at radius 1 is 0.800 bits per heavy atom. The number of nitriles is 2. The van der Waals surface area contributed by atoms with Crippen LogP contribution >= 0.6 is 0 Å². The summed E-state index contributed by atoms with van der Waals surface area (Å²) in [5.41, 5.74) is 5.97. The summed E-state index contributed by atoms with van der Waals surface area (Å²) in [5, 5.41) is 20.0. The van der Waals surface area contributed by atoms with Crippen LogP contribution < -0.4 is 0 Å². The summed E-state index contributed by atoms with van der Waals surface area (Å²) < 4.78 is 0. The van der Waals surface area contributed by atoms with Gasteiger partial charge in [-0.3, -0.25) is 0 Å². The van der Waals surface area contributed by atoms with E-state index in [2.05, 4.69) is 44.2 Å². The molecule has 2 nitrogen and oxygen atoms in total. The highest BCUT2D eigenvalue weighted by Crippen LogP contribution is 2.40. The van der Waals surface area contributed by atoms with E-state index in [0.717, 1.165) is 27.8 Å². The lowest BCUT2D eigenvalue weighted by atomic mass is 9.74. The summed E-state index contributed by atoms with van der Waals surface area (Å²) in [4.78, 5) is 0. The first-order chi connectivity index (χ1) is 14.5. The summed E-state index contributed by atoms with van der Waals surface area (Å²) in [6.07, 6.45) is 2.02. The maximum absolute atomic E-state index is 10.1. The zero-order chi connectivity index (χ0) is 21.5. The highest BCUT2D eigenvalue weighted by Gasteiger charge is 2.29. The highest BCUT2D eigenvalue weighted by molar-refractivity contribution is 5.77. The van der Waals surface area contributed by atoms with Crippen LogP contribution in [0.15, 0.2) is 84.9 Å². The van der Waals surface area contributed by atoms with E-state index in [4.69, 9.17) is 0 Å². The minimum atomic E-state index is -0.309. The van der Waals surface area contributed by atoms with Crippen LogP contribution in [-0.4, -0.2) is 0 Å². The molecule has 0 amide bonds. The monoisotopic (exact) mass is 390 g/mol. The van der Waals surface area contributed by atoms with Crippen molar-refractivity contribution in [3.05, 3.63) is 113 Å². The minimum Gasteiger partial charge on any atom is -0.198 e. The van der Waals surface area contributed by atoms with E-state index in [1.165, 1.54) is 0 Å². The quantitative estimate of drug-likeness (QED) is 0.428. The number of nitrogens with zero attached hydrogens (tertiary/aromatic N) is 2. The van der Waals surface area contributed by atoms with Crippen molar-refractivity contribution in [2.24, 2.45) is 5.92 Å². The molecule has 2 heteroatoms. The molecular weight excluding hydrogens is 364 g/mol. The second-order valence-corrected chi connectivity index (χ2v) is 7.88. The topological polar surface area (TPSA) is 47.6 Å². The Labute approximate surface area is 179 Å². The molecule has 0 aliphatic heterocycles. The van der Waals surface area contributed by atoms with Crippen LogP contribution in [0.25, 0.3) is 5.57 Å². The van der Waals surface area contributed by atoms with Crippen LogP contribution in [0.5, 0.6) is 0 Å². The second kappa shape index (κ2) is 9.73. The lowest BCUT2D eigenvalue weighted by Gasteiger charge is -2.28. The van der Waals surface area contributed by atoms with Crippen LogP contribution in [0.4, 0.5) is 0 Å². The molecule has 148 valence electrons. The molecule has 30 heavy (non-hydrogen) atoms. The number of hydrogen-bond acceptors (Lipinski definition) is 2. The van der Waals surface area contributed by atoms with Gasteiger partial charge in [0, 0.05) is 5.92 Å². The molecule has 0 N–H and O–H groups in total. The smallest absolute Gasteiger partial charge is 0.0994 e. The Morgan fingerprint density at radius 3 is 2.03 bits per heavy atom. The van der Waals surface area contributed by atoms with Crippen molar-refractivity contribution in [1.29, 1.82) is 10.5 Å². The van der Waals surface area contributed by atoms with Crippen LogP contribution in [0, 0.1) is 42.4 Å². The summed E-state index contributed by atoms with van der Waals surface area (Å²) in [5.74, 6) is -0.381. The number of rotatable bonds is 6. The van der Waals surface area contributed by atoms with Crippen molar-refractivity contribution in [3.8, 4) is 12.1 Å². The van der Waals surface area contributed by atoms with Gasteiger partial charge in [0.1, 0.15) is 0 Å². The summed E-state index contributed by atoms with van der Waals surface area (Å²) in [6.45, 7) is 6.20. The molecular formula is C28H26N2. The Bertz CT molecular complexity index is 1110. The fourth-order valence-corrected chi connectivity index (χ4v) is 4.08. The first kappa shape index (κ1) is 21.1. The molecule has 3 unspecified atom stereocenters. The third-order valence-corrected chi connectivity index (χ3v) is 5.53. The number of hydrogen-bond donors (Lipinski definition) is 0. The van der Waals surface area contributed by atoms with E-state index >= 15 is 0 Å². The van der Waals surface area contributed by atoms with Gasteiger partial charge in [-0.15, -0.1) is 0 Å². The largest absolute Gasteiger partial charge is 0.198 e. The van der Waals surface area contributed by atoms with Gasteiger partial charge < -0.3 is 0 Å². The molecule has 0 heterocycles. The van der Waals surface area contributed by atoms with Crippen molar-refractivity contribution in [1.82, 2.24) is 0 Å². The molecule has 0 spiro atoms. The molecule has 0 fully saturated rings. The first-order valence-electron chi connectivity index (χ1n) is 10.2. The predicted molar refractivity (Wildman–Crippen MR) is 123 cm³/mol. The van der Waals surface area contributed by atoms with E-state index in [9.17, 15) is 10.5 Å². The van der Waals surface area contributed by atoms with E-state index in [1.54, 1.807) is 0 Å². The molecule has 0 saturated heterocycles. The lowest BCUT2D eigenvalue weighted by molar-refractivity contribution is 0.508. The van der Waals surface area contributed by atoms with Gasteiger partial charge in [-0.25, -0.2) is 0 Å². The Kier molecular flexibility index (Phi) is 6.84. The zero-order valence-electron chi connectivity index (χ0n) is 17.7. The maximum atomic E-state index is 10.1. The lowest BCUT2D eigenvalue weighted by Crippen LogP contribution is -2.17. The molecule has 3 atom stereocenters. The number of allylic oxidation sites excluding steroid dienone is 2. The van der Waals surface area contributed by atoms with Crippen molar-refractivity contribution >= 4 is 5.57 Å². The van der Waals surface area contributed by atoms with Gasteiger partial charge in [0.25, 0.3) is 0 Å². The molecule has 0 saturated carbocycles. The van der Waals surface area contributed by atoms with Crippen molar-refractivity contribution in [2.75, 3.05) is 0 Å². The fraction of sp³-hybridized carbons (Fsp3) is 0.214. The predicted octanol–water partition coefficient (Wildman–Crippen LogP) is 6.94. The van der Waals surface area contributed by atoms with Gasteiger partial charge in [-0.2, -0.15) is 10.5 Å². The summed E-state index contributed by atoms with van der Waals surface area (Å²) in [7, 11) is 0. The van der Waals surface area contributed by atoms with Gasteiger partial charge in [-0.05, 0) is 36.5 Å². The van der Waals surface area contributed by atoms with E-state index in [1.807, 2.05) is 73.7 Å². The fourth-order valence-electron chi connectivity index (χ4n) is 4.08. The normalized spacial score (nSPS) is 14.2. The average Bonchev–Trinajstić information content (AvgIpc) is 2.76. The van der Waals surface area contributed by atoms with E-state index in [-0.39, 0.29) is 17.8 Å². The number of benzene rings is 3. The Balaban J connectivity index is 2.09. The third-order valence-electron chi connectivity index (χ3n) is 5.53. The van der Waals surface area contributed by atoms with Gasteiger partial charge in [0.15, 0.2) is 0 Å². The van der Waals surface area contributed by atoms with Crippen LogP contribution in [-0.2, 0) is 0 Å². The van der Waals surface area contributed by atoms with Crippen molar-refractivity contribution in [3.63, 3.8) is 0 Å². The summed E-state index contributed by atoms with van der Waals surface area (Å²) >= 11 is 0. The first-order valence-corrected chi connectivity index (χ1v) is 10.2. The van der Waals surface area contributed by atoms with E-state index in [0.29, 0.717) is 5.57 Å². The Morgan fingerprint density at radius 2 is 1.43 bits per heavy atom. The van der Waals surface area contributed by atoms with Crippen molar-refractivity contribution < 1.29 is 0 Å². The average molecular weight is 391 g/mol. The SMILES string of the molecule is Cc1cccc(/C(C#N)=C/C(C)C(c2cccc(C)c2)C(C#N)c2ccccc2)c1. The van der Waals surface area contributed by atoms with Crippen LogP contribution in [0.3, 0.4) is 0 Å². The third kappa shape index (κ3) is 4.86. The Hall–Kier alpha value is -3.62. The molecule has 3 rings (SSSR count). The van der Waals surface area contributed by atoms with Crippen LogP contribution in [0.2, 0.25) is 0 Å². The van der Waals surface area contributed by atoms with Gasteiger partial charge >= 0.3 is 0 Å². The van der Waals surface area contributed by atoms with Gasteiger partial charge in [0.2, 0.25) is 0 Å². The summed E-state index contributed by atoms with van der Waals surface area (Å²) in [6, 6.07) is 31.2. The molecule has 0 aromatic heterocycles.